The molecule has 132 valence electrons. The number of hydrogen-bond acceptors (Lipinski definition) is 2. The van der Waals surface area contributed by atoms with E-state index in [0.717, 1.165) is 48.4 Å². The van der Waals surface area contributed by atoms with E-state index in [1.807, 2.05) is 55.1 Å². The van der Waals surface area contributed by atoms with Crippen molar-refractivity contribution in [2.24, 2.45) is 5.92 Å². The van der Waals surface area contributed by atoms with E-state index in [4.69, 9.17) is 0 Å². The second-order valence-corrected chi connectivity index (χ2v) is 6.85. The minimum atomic E-state index is -0.102. The zero-order valence-electron chi connectivity index (χ0n) is 15.3. The minimum Gasteiger partial charge on any atom is -0.349 e. The Hall–Kier alpha value is -2.36. The van der Waals surface area contributed by atoms with Crippen LogP contribution in [0.4, 0.5) is 0 Å². The number of likely N-dealkylation sites (tertiary alicyclic amines) is 1. The van der Waals surface area contributed by atoms with Gasteiger partial charge in [-0.1, -0.05) is 30.3 Å². The molecule has 1 aliphatic heterocycles. The molecule has 2 aromatic rings. The summed E-state index contributed by atoms with van der Waals surface area (Å²) in [4.78, 5) is 27.6. The van der Waals surface area contributed by atoms with Crippen molar-refractivity contribution in [3.05, 3.63) is 58.9 Å². The van der Waals surface area contributed by atoms with Crippen LogP contribution < -0.4 is 0 Å². The molecule has 2 heterocycles. The van der Waals surface area contributed by atoms with Gasteiger partial charge in [-0.15, -0.1) is 0 Å². The Labute approximate surface area is 149 Å². The summed E-state index contributed by atoms with van der Waals surface area (Å²) in [5.74, 6) is 0.102. The highest BCUT2D eigenvalue weighted by Gasteiger charge is 2.30. The van der Waals surface area contributed by atoms with Gasteiger partial charge in [0.25, 0.3) is 5.91 Å². The number of aryl methyl sites for hydroxylation is 1. The average molecular weight is 338 g/mol. The summed E-state index contributed by atoms with van der Waals surface area (Å²) in [6, 6.07) is 11.4. The molecule has 1 atom stereocenters. The predicted octanol–water partition coefficient (Wildman–Crippen LogP) is 3.86. The Morgan fingerprint density at radius 2 is 1.88 bits per heavy atom. The lowest BCUT2D eigenvalue weighted by atomic mass is 9.89. The summed E-state index contributed by atoms with van der Waals surface area (Å²) in [6.45, 7) is 8.23. The first-order chi connectivity index (χ1) is 12.0. The van der Waals surface area contributed by atoms with Crippen molar-refractivity contribution in [3.8, 4) is 0 Å². The fraction of sp³-hybridized carbons (Fsp3) is 0.429. The van der Waals surface area contributed by atoms with Crippen LogP contribution in [0.15, 0.2) is 36.4 Å². The number of nitrogens with zero attached hydrogens (tertiary/aromatic N) is 2. The molecular formula is C21H26N2O2. The average Bonchev–Trinajstić information content (AvgIpc) is 2.94. The molecule has 0 bridgehead atoms. The standard InChI is InChI=1S/C21H26N2O2/c1-4-23-15(2)13-19(16(23)3)21(25)22-12-8-11-18(14-22)20(24)17-9-6-5-7-10-17/h5-7,9-10,13,18H,4,8,11-12,14H2,1-3H3. The summed E-state index contributed by atoms with van der Waals surface area (Å²) in [5, 5.41) is 0. The molecule has 1 fully saturated rings. The van der Waals surface area contributed by atoms with E-state index in [1.54, 1.807) is 0 Å². The third-order valence-electron chi connectivity index (χ3n) is 5.26. The van der Waals surface area contributed by atoms with E-state index in [-0.39, 0.29) is 17.6 Å². The lowest BCUT2D eigenvalue weighted by Gasteiger charge is -2.32. The van der Waals surface area contributed by atoms with Crippen molar-refractivity contribution in [2.45, 2.75) is 40.2 Å². The highest BCUT2D eigenvalue weighted by molar-refractivity contribution is 5.99. The summed E-state index contributed by atoms with van der Waals surface area (Å²) in [7, 11) is 0. The summed E-state index contributed by atoms with van der Waals surface area (Å²) in [6.07, 6.45) is 1.73. The maximum atomic E-state index is 13.0. The predicted molar refractivity (Wildman–Crippen MR) is 99.0 cm³/mol. The number of ketones is 1. The molecule has 25 heavy (non-hydrogen) atoms. The van der Waals surface area contributed by atoms with Gasteiger partial charge in [0, 0.05) is 42.5 Å². The number of rotatable bonds is 4. The van der Waals surface area contributed by atoms with E-state index < -0.39 is 0 Å². The van der Waals surface area contributed by atoms with E-state index in [1.165, 1.54) is 0 Å². The van der Waals surface area contributed by atoms with Crippen LogP contribution in [0.25, 0.3) is 0 Å². The van der Waals surface area contributed by atoms with Crippen LogP contribution in [0.5, 0.6) is 0 Å². The highest BCUT2D eigenvalue weighted by atomic mass is 16.2. The van der Waals surface area contributed by atoms with Crippen molar-refractivity contribution < 1.29 is 9.59 Å². The van der Waals surface area contributed by atoms with Gasteiger partial charge in [0.2, 0.25) is 0 Å². The third-order valence-corrected chi connectivity index (χ3v) is 5.26. The normalized spacial score (nSPS) is 17.6. The maximum absolute atomic E-state index is 13.0. The summed E-state index contributed by atoms with van der Waals surface area (Å²) < 4.78 is 2.16. The van der Waals surface area contributed by atoms with Gasteiger partial charge >= 0.3 is 0 Å². The lowest BCUT2D eigenvalue weighted by molar-refractivity contribution is 0.0636. The Bertz CT molecular complexity index is 777. The zero-order chi connectivity index (χ0) is 18.0. The van der Waals surface area contributed by atoms with Crippen LogP contribution in [0, 0.1) is 19.8 Å². The van der Waals surface area contributed by atoms with Crippen LogP contribution in [0.1, 0.15) is 51.9 Å². The molecular weight excluding hydrogens is 312 g/mol. The Kier molecular flexibility index (Phi) is 5.07. The number of hydrogen-bond donors (Lipinski definition) is 0. The molecule has 1 aromatic heterocycles. The molecule has 4 nitrogen and oxygen atoms in total. The first-order valence-electron chi connectivity index (χ1n) is 9.08. The molecule has 3 rings (SSSR count). The van der Waals surface area contributed by atoms with Crippen LogP contribution in [0.2, 0.25) is 0 Å². The number of carbonyl (C=O) groups is 2. The summed E-state index contributed by atoms with van der Waals surface area (Å²) >= 11 is 0. The SMILES string of the molecule is CCn1c(C)cc(C(=O)N2CCCC(C(=O)c3ccccc3)C2)c1C. The molecule has 0 radical (unpaired) electrons. The molecule has 0 N–H and O–H groups in total. The fourth-order valence-corrected chi connectivity index (χ4v) is 3.89. The molecule has 1 unspecified atom stereocenters. The topological polar surface area (TPSA) is 42.3 Å². The first kappa shape index (κ1) is 17.5. The molecule has 4 heteroatoms. The Morgan fingerprint density at radius 1 is 1.16 bits per heavy atom. The van der Waals surface area contributed by atoms with Crippen LogP contribution in [0.3, 0.4) is 0 Å². The molecule has 0 saturated carbocycles. The van der Waals surface area contributed by atoms with Gasteiger partial charge in [-0.3, -0.25) is 9.59 Å². The Morgan fingerprint density at radius 3 is 2.52 bits per heavy atom. The fourth-order valence-electron chi connectivity index (χ4n) is 3.89. The van der Waals surface area contributed by atoms with Crippen LogP contribution in [-0.2, 0) is 6.54 Å². The van der Waals surface area contributed by atoms with E-state index >= 15 is 0 Å². The van der Waals surface area contributed by atoms with Gasteiger partial charge in [0.1, 0.15) is 0 Å². The lowest BCUT2D eigenvalue weighted by Crippen LogP contribution is -2.42. The molecule has 0 aliphatic carbocycles. The van der Waals surface area contributed by atoms with Crippen molar-refractivity contribution in [2.75, 3.05) is 13.1 Å². The number of benzene rings is 1. The van der Waals surface area contributed by atoms with Crippen molar-refractivity contribution >= 4 is 11.7 Å². The monoisotopic (exact) mass is 338 g/mol. The zero-order valence-corrected chi connectivity index (χ0v) is 15.3. The van der Waals surface area contributed by atoms with Crippen molar-refractivity contribution in [1.29, 1.82) is 0 Å². The van der Waals surface area contributed by atoms with Gasteiger partial charge in [0.05, 0.1) is 5.56 Å². The van der Waals surface area contributed by atoms with Gasteiger partial charge in [-0.2, -0.15) is 0 Å². The van der Waals surface area contributed by atoms with Crippen molar-refractivity contribution in [3.63, 3.8) is 0 Å². The van der Waals surface area contributed by atoms with Gasteiger partial charge in [0.15, 0.2) is 5.78 Å². The van der Waals surface area contributed by atoms with Crippen LogP contribution in [-0.4, -0.2) is 34.2 Å². The number of amides is 1. The minimum absolute atomic E-state index is 0.0540. The number of Topliss-reactive ketones (excluding diaryl/α,β-unsaturated/α-hetero) is 1. The highest BCUT2D eigenvalue weighted by Crippen LogP contribution is 2.24. The van der Waals surface area contributed by atoms with Gasteiger partial charge in [-0.05, 0) is 39.7 Å². The van der Waals surface area contributed by atoms with Gasteiger partial charge in [-0.25, -0.2) is 0 Å². The first-order valence-corrected chi connectivity index (χ1v) is 9.08. The molecule has 1 aromatic carbocycles. The largest absolute Gasteiger partial charge is 0.349 e. The number of carbonyl (C=O) groups excluding carboxylic acids is 2. The number of aromatic nitrogens is 1. The van der Waals surface area contributed by atoms with E-state index in [9.17, 15) is 9.59 Å². The number of piperidine rings is 1. The van der Waals surface area contributed by atoms with Gasteiger partial charge < -0.3 is 9.47 Å². The molecule has 1 saturated heterocycles. The van der Waals surface area contributed by atoms with Crippen LogP contribution >= 0.6 is 0 Å². The van der Waals surface area contributed by atoms with E-state index in [2.05, 4.69) is 11.5 Å². The second kappa shape index (κ2) is 7.26. The smallest absolute Gasteiger partial charge is 0.255 e. The summed E-state index contributed by atoms with van der Waals surface area (Å²) in [5.41, 5.74) is 3.64. The molecule has 1 aliphatic rings. The molecule has 0 spiro atoms. The van der Waals surface area contributed by atoms with E-state index in [0.29, 0.717) is 6.54 Å². The van der Waals surface area contributed by atoms with Crippen molar-refractivity contribution in [1.82, 2.24) is 9.47 Å². The second-order valence-electron chi connectivity index (χ2n) is 6.85. The molecule has 1 amide bonds. The Balaban J connectivity index is 1.77. The quantitative estimate of drug-likeness (QED) is 0.795. The maximum Gasteiger partial charge on any atom is 0.255 e. The third kappa shape index (κ3) is 3.39.